The van der Waals surface area contributed by atoms with Gasteiger partial charge in [0.25, 0.3) is 0 Å². The average Bonchev–Trinajstić information content (AvgIpc) is 2.30. The quantitative estimate of drug-likeness (QED) is 0.553. The van der Waals surface area contributed by atoms with E-state index >= 15 is 0 Å². The highest BCUT2D eigenvalue weighted by molar-refractivity contribution is 5.87. The van der Waals surface area contributed by atoms with Crippen molar-refractivity contribution in [3.63, 3.8) is 0 Å². The Morgan fingerprint density at radius 3 is 3.06 bits per heavy atom. The minimum absolute atomic E-state index is 0.144. The highest BCUT2D eigenvalue weighted by atomic mass is 16.5. The number of nitriles is 1. The van der Waals surface area contributed by atoms with Crippen molar-refractivity contribution >= 4 is 5.97 Å². The van der Waals surface area contributed by atoms with E-state index in [1.54, 1.807) is 25.1 Å². The van der Waals surface area contributed by atoms with Crippen molar-refractivity contribution in [1.82, 2.24) is 4.98 Å². The zero-order chi connectivity index (χ0) is 11.8. The fourth-order valence-electron chi connectivity index (χ4n) is 0.997. The normalized spacial score (nSPS) is 8.50. The summed E-state index contributed by atoms with van der Waals surface area (Å²) < 4.78 is 4.81. The van der Waals surface area contributed by atoms with Crippen LogP contribution in [-0.2, 0) is 4.74 Å². The van der Waals surface area contributed by atoms with Gasteiger partial charge in [0.05, 0.1) is 19.1 Å². The molecule has 0 spiro atoms. The molecule has 1 heterocycles. The van der Waals surface area contributed by atoms with Gasteiger partial charge in [-0.25, -0.2) is 9.78 Å². The van der Waals surface area contributed by atoms with E-state index in [-0.39, 0.29) is 12.1 Å². The first-order valence-electron chi connectivity index (χ1n) is 4.78. The lowest BCUT2D eigenvalue weighted by Gasteiger charge is -2.00. The molecule has 80 valence electrons. The highest BCUT2D eigenvalue weighted by Gasteiger charge is 2.07. The van der Waals surface area contributed by atoms with Gasteiger partial charge in [0.2, 0.25) is 0 Å². The molecule has 0 aliphatic rings. The van der Waals surface area contributed by atoms with Crippen LogP contribution in [-0.4, -0.2) is 17.6 Å². The monoisotopic (exact) mass is 214 g/mol. The largest absolute Gasteiger partial charge is 0.461 e. The lowest BCUT2D eigenvalue weighted by Crippen LogP contribution is -2.07. The van der Waals surface area contributed by atoms with E-state index < -0.39 is 5.97 Å². The predicted octanol–water partition coefficient (Wildman–Crippen LogP) is 1.52. The molecular formula is C12H10N2O2. The molecule has 1 aromatic rings. The van der Waals surface area contributed by atoms with Gasteiger partial charge in [-0.1, -0.05) is 12.0 Å². The van der Waals surface area contributed by atoms with Crippen LogP contribution in [0.5, 0.6) is 0 Å². The molecule has 0 radical (unpaired) electrons. The summed E-state index contributed by atoms with van der Waals surface area (Å²) in [6.07, 6.45) is 0.144. The molecule has 4 heteroatoms. The van der Waals surface area contributed by atoms with Gasteiger partial charge in [0.1, 0.15) is 11.4 Å². The summed E-state index contributed by atoms with van der Waals surface area (Å²) in [5, 5.41) is 8.31. The van der Waals surface area contributed by atoms with Crippen molar-refractivity contribution in [2.45, 2.75) is 13.3 Å². The summed E-state index contributed by atoms with van der Waals surface area (Å²) in [6, 6.07) is 6.82. The number of pyridine rings is 1. The molecule has 0 unspecified atom stereocenters. The maximum Gasteiger partial charge on any atom is 0.356 e. The smallest absolute Gasteiger partial charge is 0.356 e. The van der Waals surface area contributed by atoms with E-state index in [4.69, 9.17) is 10.00 Å². The molecule has 0 saturated heterocycles. The van der Waals surface area contributed by atoms with Crippen molar-refractivity contribution in [3.8, 4) is 17.9 Å². The lowest BCUT2D eigenvalue weighted by atomic mass is 10.3. The second kappa shape index (κ2) is 6.21. The Bertz CT molecular complexity index is 478. The van der Waals surface area contributed by atoms with Gasteiger partial charge in [0.15, 0.2) is 0 Å². The summed E-state index contributed by atoms with van der Waals surface area (Å²) >= 11 is 0. The number of aromatic nitrogens is 1. The summed E-state index contributed by atoms with van der Waals surface area (Å²) in [5.74, 6) is 4.85. The Hall–Kier alpha value is -2.33. The van der Waals surface area contributed by atoms with Crippen LogP contribution in [0.25, 0.3) is 0 Å². The number of esters is 1. The number of carbonyl (C=O) groups is 1. The van der Waals surface area contributed by atoms with Crippen LogP contribution in [0.2, 0.25) is 0 Å². The number of hydrogen-bond donors (Lipinski definition) is 0. The molecule has 0 amide bonds. The molecule has 0 aliphatic heterocycles. The second-order valence-electron chi connectivity index (χ2n) is 2.77. The van der Waals surface area contributed by atoms with Gasteiger partial charge in [-0.2, -0.15) is 5.26 Å². The molecule has 4 nitrogen and oxygen atoms in total. The van der Waals surface area contributed by atoms with Crippen molar-refractivity contribution < 1.29 is 9.53 Å². The van der Waals surface area contributed by atoms with Crippen LogP contribution in [0.15, 0.2) is 18.2 Å². The molecule has 0 atom stereocenters. The lowest BCUT2D eigenvalue weighted by molar-refractivity contribution is 0.0519. The Kier molecular flexibility index (Phi) is 4.56. The molecule has 0 aliphatic carbocycles. The van der Waals surface area contributed by atoms with E-state index in [2.05, 4.69) is 16.8 Å². The molecular weight excluding hydrogens is 204 g/mol. The molecule has 0 saturated carbocycles. The van der Waals surface area contributed by atoms with Crippen molar-refractivity contribution in [3.05, 3.63) is 29.6 Å². The molecule has 1 aromatic heterocycles. The topological polar surface area (TPSA) is 63.0 Å². The fraction of sp³-hybridized carbons (Fsp3) is 0.250. The summed E-state index contributed by atoms with van der Waals surface area (Å²) in [6.45, 7) is 2.04. The van der Waals surface area contributed by atoms with E-state index in [1.165, 1.54) is 0 Å². The van der Waals surface area contributed by atoms with E-state index in [0.29, 0.717) is 12.3 Å². The van der Waals surface area contributed by atoms with Crippen LogP contribution >= 0.6 is 0 Å². The summed E-state index contributed by atoms with van der Waals surface area (Å²) in [5.41, 5.74) is 0.686. The Balaban J connectivity index is 2.84. The number of ether oxygens (including phenoxy) is 1. The van der Waals surface area contributed by atoms with Crippen LogP contribution in [0.4, 0.5) is 0 Å². The summed E-state index contributed by atoms with van der Waals surface area (Å²) in [4.78, 5) is 15.3. The molecule has 0 fully saturated rings. The molecule has 0 aromatic carbocycles. The standard InChI is InChI=1S/C12H10N2O2/c1-2-16-12(15)11-8-5-7-10(14-11)6-3-4-9-13/h5,7-8H,2,4H2,1H3. The van der Waals surface area contributed by atoms with E-state index in [9.17, 15) is 4.79 Å². The van der Waals surface area contributed by atoms with E-state index in [1.807, 2.05) is 6.07 Å². The number of carbonyl (C=O) groups excluding carboxylic acids is 1. The van der Waals surface area contributed by atoms with Gasteiger partial charge in [-0.15, -0.1) is 0 Å². The Labute approximate surface area is 93.9 Å². The zero-order valence-corrected chi connectivity index (χ0v) is 8.86. The van der Waals surface area contributed by atoms with Gasteiger partial charge in [-0.3, -0.25) is 0 Å². The number of nitrogens with zero attached hydrogens (tertiary/aromatic N) is 2. The first-order valence-corrected chi connectivity index (χ1v) is 4.78. The number of rotatable bonds is 2. The predicted molar refractivity (Wildman–Crippen MR) is 57.3 cm³/mol. The summed E-state index contributed by atoms with van der Waals surface area (Å²) in [7, 11) is 0. The van der Waals surface area contributed by atoms with Gasteiger partial charge < -0.3 is 4.74 Å². The average molecular weight is 214 g/mol. The Morgan fingerprint density at radius 1 is 1.56 bits per heavy atom. The van der Waals surface area contributed by atoms with Crippen LogP contribution < -0.4 is 0 Å². The van der Waals surface area contributed by atoms with Gasteiger partial charge >= 0.3 is 5.97 Å². The maximum absolute atomic E-state index is 11.3. The minimum Gasteiger partial charge on any atom is -0.461 e. The first kappa shape index (κ1) is 11.7. The van der Waals surface area contributed by atoms with Crippen molar-refractivity contribution in [1.29, 1.82) is 5.26 Å². The highest BCUT2D eigenvalue weighted by Crippen LogP contribution is 2.00. The second-order valence-corrected chi connectivity index (χ2v) is 2.77. The number of hydrogen-bond acceptors (Lipinski definition) is 4. The van der Waals surface area contributed by atoms with Crippen molar-refractivity contribution in [2.24, 2.45) is 0 Å². The zero-order valence-electron chi connectivity index (χ0n) is 8.86. The van der Waals surface area contributed by atoms with Crippen LogP contribution in [0, 0.1) is 23.2 Å². The molecule has 1 rings (SSSR count). The van der Waals surface area contributed by atoms with Gasteiger partial charge in [0, 0.05) is 0 Å². The molecule has 16 heavy (non-hydrogen) atoms. The third kappa shape index (κ3) is 3.43. The van der Waals surface area contributed by atoms with Crippen LogP contribution in [0.3, 0.4) is 0 Å². The van der Waals surface area contributed by atoms with Crippen LogP contribution in [0.1, 0.15) is 29.5 Å². The molecule has 0 bridgehead atoms. The Morgan fingerprint density at radius 2 is 2.38 bits per heavy atom. The maximum atomic E-state index is 11.3. The fourth-order valence-corrected chi connectivity index (χ4v) is 0.997. The first-order chi connectivity index (χ1) is 7.77. The third-order valence-corrected chi connectivity index (χ3v) is 1.62. The SMILES string of the molecule is CCOC(=O)c1cccc(C#CCC#N)n1. The third-order valence-electron chi connectivity index (χ3n) is 1.62. The van der Waals surface area contributed by atoms with E-state index in [0.717, 1.165) is 0 Å². The van der Waals surface area contributed by atoms with Gasteiger partial charge in [-0.05, 0) is 25.0 Å². The van der Waals surface area contributed by atoms with Crippen molar-refractivity contribution in [2.75, 3.05) is 6.61 Å². The minimum atomic E-state index is -0.466. The molecule has 0 N–H and O–H groups in total.